The Morgan fingerprint density at radius 3 is 2.79 bits per heavy atom. The molecular formula is C14H18ClN3O. The van der Waals surface area contributed by atoms with E-state index in [1.165, 1.54) is 0 Å². The van der Waals surface area contributed by atoms with Gasteiger partial charge in [0.2, 0.25) is 0 Å². The molecule has 0 radical (unpaired) electrons. The molecule has 5 heteroatoms. The van der Waals surface area contributed by atoms with Gasteiger partial charge in [0, 0.05) is 31.0 Å². The Labute approximate surface area is 118 Å². The molecule has 1 aromatic heterocycles. The predicted molar refractivity (Wildman–Crippen MR) is 77.8 cm³/mol. The number of benzene rings is 1. The lowest BCUT2D eigenvalue weighted by atomic mass is 10.2. The van der Waals surface area contributed by atoms with Crippen LogP contribution in [-0.4, -0.2) is 15.9 Å². The summed E-state index contributed by atoms with van der Waals surface area (Å²) < 4.78 is 7.37. The van der Waals surface area contributed by atoms with Gasteiger partial charge in [-0.3, -0.25) is 4.68 Å². The highest BCUT2D eigenvalue weighted by molar-refractivity contribution is 6.32. The molecule has 2 aromatic rings. The van der Waals surface area contributed by atoms with Gasteiger partial charge < -0.3 is 10.1 Å². The molecular weight excluding hydrogens is 262 g/mol. The molecule has 0 aliphatic rings. The van der Waals surface area contributed by atoms with E-state index in [0.29, 0.717) is 17.3 Å². The molecule has 0 saturated heterocycles. The van der Waals surface area contributed by atoms with Crippen molar-refractivity contribution in [2.24, 2.45) is 7.05 Å². The van der Waals surface area contributed by atoms with Crippen LogP contribution in [0.25, 0.3) is 0 Å². The summed E-state index contributed by atoms with van der Waals surface area (Å²) in [6.45, 7) is 4.67. The molecule has 0 spiro atoms. The van der Waals surface area contributed by atoms with Crippen LogP contribution >= 0.6 is 11.6 Å². The molecule has 0 saturated carbocycles. The quantitative estimate of drug-likeness (QED) is 0.911. The highest BCUT2D eigenvalue weighted by Crippen LogP contribution is 2.28. The van der Waals surface area contributed by atoms with Gasteiger partial charge in [-0.1, -0.05) is 11.6 Å². The van der Waals surface area contributed by atoms with Gasteiger partial charge in [0.05, 0.1) is 17.3 Å². The molecule has 2 rings (SSSR count). The summed E-state index contributed by atoms with van der Waals surface area (Å²) in [7, 11) is 1.90. The van der Waals surface area contributed by atoms with E-state index >= 15 is 0 Å². The molecule has 0 fully saturated rings. The molecule has 19 heavy (non-hydrogen) atoms. The zero-order valence-electron chi connectivity index (χ0n) is 11.4. The number of aryl methyl sites for hydroxylation is 1. The first-order valence-electron chi connectivity index (χ1n) is 6.22. The maximum absolute atomic E-state index is 6.18. The van der Waals surface area contributed by atoms with Crippen LogP contribution in [0, 0.1) is 0 Å². The van der Waals surface area contributed by atoms with Crippen molar-refractivity contribution in [1.82, 2.24) is 9.78 Å². The Morgan fingerprint density at radius 2 is 2.21 bits per heavy atom. The Hall–Kier alpha value is -1.68. The third-order valence-corrected chi connectivity index (χ3v) is 2.84. The highest BCUT2D eigenvalue weighted by Gasteiger charge is 2.05. The number of nitrogens with zero attached hydrogens (tertiary/aromatic N) is 2. The Kier molecular flexibility index (Phi) is 4.32. The van der Waals surface area contributed by atoms with Gasteiger partial charge >= 0.3 is 0 Å². The molecule has 1 N–H and O–H groups in total. The van der Waals surface area contributed by atoms with Gasteiger partial charge in [-0.05, 0) is 32.0 Å². The summed E-state index contributed by atoms with van der Waals surface area (Å²) in [6.07, 6.45) is 3.93. The topological polar surface area (TPSA) is 39.1 Å². The van der Waals surface area contributed by atoms with Crippen molar-refractivity contribution >= 4 is 17.3 Å². The van der Waals surface area contributed by atoms with Gasteiger partial charge in [0.15, 0.2) is 0 Å². The zero-order valence-corrected chi connectivity index (χ0v) is 12.1. The summed E-state index contributed by atoms with van der Waals surface area (Å²) in [5, 5.41) is 8.04. The molecule has 1 aromatic carbocycles. The molecule has 0 amide bonds. The molecule has 102 valence electrons. The second-order valence-electron chi connectivity index (χ2n) is 4.69. The second kappa shape index (κ2) is 5.97. The summed E-state index contributed by atoms with van der Waals surface area (Å²) in [5.74, 6) is 0.712. The van der Waals surface area contributed by atoms with Crippen molar-refractivity contribution in [2.45, 2.75) is 26.5 Å². The molecule has 0 unspecified atom stereocenters. The average Bonchev–Trinajstić information content (AvgIpc) is 2.75. The minimum absolute atomic E-state index is 0.117. The maximum atomic E-state index is 6.18. The Balaban J connectivity index is 1.99. The van der Waals surface area contributed by atoms with E-state index in [4.69, 9.17) is 16.3 Å². The van der Waals surface area contributed by atoms with E-state index in [-0.39, 0.29) is 6.10 Å². The third-order valence-electron chi connectivity index (χ3n) is 2.55. The fourth-order valence-corrected chi connectivity index (χ4v) is 1.95. The normalized spacial score (nSPS) is 10.8. The van der Waals surface area contributed by atoms with E-state index in [0.717, 1.165) is 11.3 Å². The van der Waals surface area contributed by atoms with Crippen LogP contribution in [0.15, 0.2) is 30.6 Å². The molecule has 0 bridgehead atoms. The molecule has 0 atom stereocenters. The Morgan fingerprint density at radius 1 is 1.42 bits per heavy atom. The fourth-order valence-electron chi connectivity index (χ4n) is 1.73. The van der Waals surface area contributed by atoms with Crippen molar-refractivity contribution in [3.05, 3.63) is 41.2 Å². The smallest absolute Gasteiger partial charge is 0.138 e. The van der Waals surface area contributed by atoms with Gasteiger partial charge in [-0.2, -0.15) is 5.10 Å². The van der Waals surface area contributed by atoms with Crippen LogP contribution in [0.2, 0.25) is 5.02 Å². The van der Waals surface area contributed by atoms with Crippen molar-refractivity contribution in [1.29, 1.82) is 0 Å². The SMILES string of the molecule is CC(C)Oc1ccc(NCc2cnn(C)c2)cc1Cl. The average molecular weight is 280 g/mol. The van der Waals surface area contributed by atoms with Gasteiger partial charge in [0.25, 0.3) is 0 Å². The maximum Gasteiger partial charge on any atom is 0.138 e. The summed E-state index contributed by atoms with van der Waals surface area (Å²) >= 11 is 6.18. The van der Waals surface area contributed by atoms with Gasteiger partial charge in [0.1, 0.15) is 5.75 Å². The molecule has 1 heterocycles. The standard InChI is InChI=1S/C14H18ClN3O/c1-10(2)19-14-5-4-12(6-13(14)15)16-7-11-8-17-18(3)9-11/h4-6,8-10,16H,7H2,1-3H3. The first-order chi connectivity index (χ1) is 9.04. The summed E-state index contributed by atoms with van der Waals surface area (Å²) in [4.78, 5) is 0. The van der Waals surface area contributed by atoms with Crippen LogP contribution in [-0.2, 0) is 13.6 Å². The zero-order chi connectivity index (χ0) is 13.8. The van der Waals surface area contributed by atoms with E-state index in [9.17, 15) is 0 Å². The number of hydrogen-bond acceptors (Lipinski definition) is 3. The van der Waals surface area contributed by atoms with Crippen LogP contribution < -0.4 is 10.1 Å². The van der Waals surface area contributed by atoms with E-state index in [2.05, 4.69) is 10.4 Å². The number of anilines is 1. The minimum Gasteiger partial charge on any atom is -0.489 e. The molecule has 0 aliphatic heterocycles. The summed E-state index contributed by atoms with van der Waals surface area (Å²) in [5.41, 5.74) is 2.09. The largest absolute Gasteiger partial charge is 0.489 e. The third kappa shape index (κ3) is 3.89. The van der Waals surface area contributed by atoms with Crippen LogP contribution in [0.3, 0.4) is 0 Å². The summed E-state index contributed by atoms with van der Waals surface area (Å²) in [6, 6.07) is 5.71. The first-order valence-corrected chi connectivity index (χ1v) is 6.60. The number of hydrogen-bond donors (Lipinski definition) is 1. The minimum atomic E-state index is 0.117. The van der Waals surface area contributed by atoms with Gasteiger partial charge in [-0.15, -0.1) is 0 Å². The van der Waals surface area contributed by atoms with Crippen molar-refractivity contribution in [3.63, 3.8) is 0 Å². The van der Waals surface area contributed by atoms with Crippen molar-refractivity contribution in [2.75, 3.05) is 5.32 Å². The van der Waals surface area contributed by atoms with Crippen LogP contribution in [0.5, 0.6) is 5.75 Å². The van der Waals surface area contributed by atoms with Crippen molar-refractivity contribution in [3.8, 4) is 5.75 Å². The second-order valence-corrected chi connectivity index (χ2v) is 5.09. The molecule has 4 nitrogen and oxygen atoms in total. The fraction of sp³-hybridized carbons (Fsp3) is 0.357. The lowest BCUT2D eigenvalue weighted by Gasteiger charge is -2.12. The molecule has 0 aliphatic carbocycles. The van der Waals surface area contributed by atoms with Gasteiger partial charge in [-0.25, -0.2) is 0 Å². The predicted octanol–water partition coefficient (Wildman–Crippen LogP) is 3.47. The van der Waals surface area contributed by atoms with Crippen molar-refractivity contribution < 1.29 is 4.74 Å². The number of aromatic nitrogens is 2. The van der Waals surface area contributed by atoms with E-state index in [1.807, 2.05) is 51.5 Å². The lowest BCUT2D eigenvalue weighted by molar-refractivity contribution is 0.242. The number of rotatable bonds is 5. The van der Waals surface area contributed by atoms with E-state index < -0.39 is 0 Å². The van der Waals surface area contributed by atoms with Crippen LogP contribution in [0.4, 0.5) is 5.69 Å². The van der Waals surface area contributed by atoms with Crippen LogP contribution in [0.1, 0.15) is 19.4 Å². The monoisotopic (exact) mass is 279 g/mol. The van der Waals surface area contributed by atoms with E-state index in [1.54, 1.807) is 4.68 Å². The first kappa shape index (κ1) is 13.7. The lowest BCUT2D eigenvalue weighted by Crippen LogP contribution is -2.06. The number of nitrogens with one attached hydrogen (secondary N) is 1. The highest BCUT2D eigenvalue weighted by atomic mass is 35.5. The number of halogens is 1. The Bertz CT molecular complexity index is 551. The number of ether oxygens (including phenoxy) is 1.